The molecular formula is C20H21N7O. The molecule has 0 radical (unpaired) electrons. The van der Waals surface area contributed by atoms with Crippen LogP contribution >= 0.6 is 0 Å². The number of nitrogens with zero attached hydrogens (tertiary/aromatic N) is 6. The van der Waals surface area contributed by atoms with E-state index >= 15 is 0 Å². The van der Waals surface area contributed by atoms with E-state index in [1.807, 2.05) is 29.8 Å². The Bertz CT molecular complexity index is 1080. The molecule has 4 rings (SSSR count). The molecule has 1 aromatic carbocycles. The lowest BCUT2D eigenvalue weighted by Crippen LogP contribution is -2.26. The van der Waals surface area contributed by atoms with Crippen molar-refractivity contribution in [2.45, 2.75) is 19.4 Å². The van der Waals surface area contributed by atoms with Gasteiger partial charge in [0.1, 0.15) is 17.7 Å². The molecule has 0 aliphatic heterocycles. The van der Waals surface area contributed by atoms with E-state index in [9.17, 15) is 4.79 Å². The van der Waals surface area contributed by atoms with Crippen LogP contribution in [-0.2, 0) is 26.4 Å². The minimum Gasteiger partial charge on any atom is -0.352 e. The van der Waals surface area contributed by atoms with Crippen LogP contribution in [0.1, 0.15) is 21.7 Å². The quantitative estimate of drug-likeness (QED) is 0.532. The molecule has 8 heteroatoms. The summed E-state index contributed by atoms with van der Waals surface area (Å²) in [6, 6.07) is 12.1. The number of nitrogens with one attached hydrogen (secondary N) is 1. The van der Waals surface area contributed by atoms with E-state index in [-0.39, 0.29) is 5.91 Å². The fourth-order valence-corrected chi connectivity index (χ4v) is 3.07. The number of benzene rings is 1. The number of imidazole rings is 1. The van der Waals surface area contributed by atoms with Crippen LogP contribution in [0.25, 0.3) is 11.2 Å². The fourth-order valence-electron chi connectivity index (χ4n) is 3.07. The summed E-state index contributed by atoms with van der Waals surface area (Å²) < 4.78 is 3.71. The second kappa shape index (κ2) is 7.99. The topological polar surface area (TPSA) is 90.5 Å². The van der Waals surface area contributed by atoms with Gasteiger partial charge in [0.2, 0.25) is 0 Å². The third kappa shape index (κ3) is 3.90. The monoisotopic (exact) mass is 375 g/mol. The first-order chi connectivity index (χ1) is 13.7. The van der Waals surface area contributed by atoms with Crippen molar-refractivity contribution < 1.29 is 4.79 Å². The first kappa shape index (κ1) is 17.8. The van der Waals surface area contributed by atoms with Crippen molar-refractivity contribution in [3.63, 3.8) is 0 Å². The standard InChI is InChI=1S/C20H21N7O/c1-26-18(23-13-25-26)7-9-21-20(28)16-11-17-19(22-12-16)27(14-24-17)10-8-15-5-3-2-4-6-15/h2-6,11-14H,7-10H2,1H3,(H,21,28). The highest BCUT2D eigenvalue weighted by atomic mass is 16.1. The molecule has 0 unspecified atom stereocenters. The second-order valence-electron chi connectivity index (χ2n) is 6.55. The Morgan fingerprint density at radius 3 is 2.75 bits per heavy atom. The zero-order valence-corrected chi connectivity index (χ0v) is 15.6. The van der Waals surface area contributed by atoms with Crippen LogP contribution in [0, 0.1) is 0 Å². The Hall–Kier alpha value is -3.55. The summed E-state index contributed by atoms with van der Waals surface area (Å²) in [7, 11) is 1.83. The Morgan fingerprint density at radius 2 is 1.96 bits per heavy atom. The minimum absolute atomic E-state index is 0.171. The van der Waals surface area contributed by atoms with Gasteiger partial charge in [-0.25, -0.2) is 15.0 Å². The second-order valence-corrected chi connectivity index (χ2v) is 6.55. The molecule has 4 aromatic rings. The van der Waals surface area contributed by atoms with Crippen molar-refractivity contribution in [1.29, 1.82) is 0 Å². The lowest BCUT2D eigenvalue weighted by molar-refractivity contribution is 0.0953. The number of amides is 1. The number of fused-ring (bicyclic) bond motifs is 1. The summed E-state index contributed by atoms with van der Waals surface area (Å²) in [5, 5.41) is 6.90. The van der Waals surface area contributed by atoms with Gasteiger partial charge in [-0.1, -0.05) is 30.3 Å². The third-order valence-corrected chi connectivity index (χ3v) is 4.64. The molecule has 0 fully saturated rings. The van der Waals surface area contributed by atoms with E-state index in [1.165, 1.54) is 11.9 Å². The van der Waals surface area contributed by atoms with Crippen LogP contribution < -0.4 is 5.32 Å². The third-order valence-electron chi connectivity index (χ3n) is 4.64. The number of hydrogen-bond donors (Lipinski definition) is 1. The molecule has 0 aliphatic carbocycles. The molecule has 28 heavy (non-hydrogen) atoms. The van der Waals surface area contributed by atoms with Crippen molar-refractivity contribution in [2.24, 2.45) is 7.05 Å². The van der Waals surface area contributed by atoms with Crippen LogP contribution in [-0.4, -0.2) is 41.8 Å². The van der Waals surface area contributed by atoms with Gasteiger partial charge >= 0.3 is 0 Å². The maximum Gasteiger partial charge on any atom is 0.252 e. The summed E-state index contributed by atoms with van der Waals surface area (Å²) in [6.45, 7) is 1.27. The van der Waals surface area contributed by atoms with Gasteiger partial charge in [0.05, 0.1) is 11.9 Å². The van der Waals surface area contributed by atoms with Crippen LogP contribution in [0.4, 0.5) is 0 Å². The summed E-state index contributed by atoms with van der Waals surface area (Å²) >= 11 is 0. The molecule has 3 heterocycles. The van der Waals surface area contributed by atoms with Crippen LogP contribution in [0.5, 0.6) is 0 Å². The van der Waals surface area contributed by atoms with E-state index in [0.29, 0.717) is 24.0 Å². The molecule has 1 amide bonds. The van der Waals surface area contributed by atoms with Gasteiger partial charge in [-0.3, -0.25) is 9.48 Å². The van der Waals surface area contributed by atoms with E-state index in [0.717, 1.165) is 24.4 Å². The average Bonchev–Trinajstić information content (AvgIpc) is 3.32. The fraction of sp³-hybridized carbons (Fsp3) is 0.250. The van der Waals surface area contributed by atoms with Crippen LogP contribution in [0.2, 0.25) is 0 Å². The molecule has 0 saturated carbocycles. The van der Waals surface area contributed by atoms with Gasteiger partial charge in [0.15, 0.2) is 5.65 Å². The summed E-state index contributed by atoms with van der Waals surface area (Å²) in [4.78, 5) is 25.4. The molecule has 0 saturated heterocycles. The van der Waals surface area contributed by atoms with Crippen molar-refractivity contribution >= 4 is 17.1 Å². The van der Waals surface area contributed by atoms with Crippen LogP contribution in [0.15, 0.2) is 55.2 Å². The zero-order valence-electron chi connectivity index (χ0n) is 15.6. The molecule has 3 aromatic heterocycles. The number of hydrogen-bond acceptors (Lipinski definition) is 5. The largest absolute Gasteiger partial charge is 0.352 e. The predicted molar refractivity (Wildman–Crippen MR) is 105 cm³/mol. The van der Waals surface area contributed by atoms with Gasteiger partial charge < -0.3 is 9.88 Å². The lowest BCUT2D eigenvalue weighted by Gasteiger charge is -2.06. The Morgan fingerprint density at radius 1 is 1.11 bits per heavy atom. The van der Waals surface area contributed by atoms with Gasteiger partial charge in [0, 0.05) is 32.8 Å². The van der Waals surface area contributed by atoms with Gasteiger partial charge in [-0.15, -0.1) is 0 Å². The maximum atomic E-state index is 12.4. The summed E-state index contributed by atoms with van der Waals surface area (Å²) in [6.07, 6.45) is 6.39. The van der Waals surface area contributed by atoms with Gasteiger partial charge in [-0.2, -0.15) is 5.10 Å². The molecule has 0 bridgehead atoms. The summed E-state index contributed by atoms with van der Waals surface area (Å²) in [5.74, 6) is 0.654. The molecule has 0 aliphatic rings. The van der Waals surface area contributed by atoms with Crippen molar-refractivity contribution in [1.82, 2.24) is 34.6 Å². The summed E-state index contributed by atoms with van der Waals surface area (Å²) in [5.41, 5.74) is 3.27. The number of rotatable bonds is 7. The van der Waals surface area contributed by atoms with Gasteiger partial charge in [0.25, 0.3) is 5.91 Å². The molecule has 8 nitrogen and oxygen atoms in total. The number of carbonyl (C=O) groups excluding carboxylic acids is 1. The zero-order chi connectivity index (χ0) is 19.3. The van der Waals surface area contributed by atoms with E-state index in [2.05, 4.69) is 37.5 Å². The van der Waals surface area contributed by atoms with Gasteiger partial charge in [-0.05, 0) is 18.1 Å². The molecular weight excluding hydrogens is 354 g/mol. The lowest BCUT2D eigenvalue weighted by atomic mass is 10.1. The normalized spacial score (nSPS) is 11.0. The number of pyridine rings is 1. The van der Waals surface area contributed by atoms with Crippen LogP contribution in [0.3, 0.4) is 0 Å². The maximum absolute atomic E-state index is 12.4. The Kier molecular flexibility index (Phi) is 5.09. The van der Waals surface area contributed by atoms with Crippen molar-refractivity contribution in [3.8, 4) is 0 Å². The average molecular weight is 375 g/mol. The highest BCUT2D eigenvalue weighted by Crippen LogP contribution is 2.13. The smallest absolute Gasteiger partial charge is 0.252 e. The number of carbonyl (C=O) groups is 1. The van der Waals surface area contributed by atoms with E-state index in [1.54, 1.807) is 23.3 Å². The predicted octanol–water partition coefficient (Wildman–Crippen LogP) is 1.77. The number of aryl methyl sites for hydroxylation is 3. The Labute approximate surface area is 162 Å². The minimum atomic E-state index is -0.171. The molecule has 1 N–H and O–H groups in total. The van der Waals surface area contributed by atoms with Crippen molar-refractivity contribution in [3.05, 3.63) is 72.2 Å². The van der Waals surface area contributed by atoms with Crippen molar-refractivity contribution in [2.75, 3.05) is 6.54 Å². The molecule has 142 valence electrons. The first-order valence-electron chi connectivity index (χ1n) is 9.16. The van der Waals surface area contributed by atoms with E-state index in [4.69, 9.17) is 0 Å². The molecule has 0 spiro atoms. The SMILES string of the molecule is Cn1ncnc1CCNC(=O)c1cnc2c(c1)ncn2CCc1ccccc1. The highest BCUT2D eigenvalue weighted by Gasteiger charge is 2.11. The van der Waals surface area contributed by atoms with E-state index < -0.39 is 0 Å². The molecule has 0 atom stereocenters. The Balaban J connectivity index is 1.39. The first-order valence-corrected chi connectivity index (χ1v) is 9.16. The highest BCUT2D eigenvalue weighted by molar-refractivity contribution is 5.96. The number of aromatic nitrogens is 6.